The fourth-order valence-corrected chi connectivity index (χ4v) is 3.03. The number of Topliss-reactive ketones (excluding diaryl/α,β-unsaturated/α-hetero) is 2. The molecule has 0 saturated carbocycles. The number of hydrogen-bond acceptors (Lipinski definition) is 5. The second-order valence-corrected chi connectivity index (χ2v) is 6.32. The number of alkyl halides is 1. The van der Waals surface area contributed by atoms with E-state index in [4.69, 9.17) is 27.9 Å². The van der Waals surface area contributed by atoms with Gasteiger partial charge in [0.2, 0.25) is 11.6 Å². The highest BCUT2D eigenvalue weighted by molar-refractivity contribution is 9.09. The molecular weight excluding hydrogens is 411 g/mol. The van der Waals surface area contributed by atoms with E-state index in [1.165, 1.54) is 0 Å². The lowest BCUT2D eigenvalue weighted by Crippen LogP contribution is -2.19. The molecule has 8 heteroatoms. The van der Waals surface area contributed by atoms with Crippen LogP contribution in [0.5, 0.6) is 17.2 Å². The summed E-state index contributed by atoms with van der Waals surface area (Å²) in [4.78, 5) is 24.6. The molecule has 0 radical (unpaired) electrons. The van der Waals surface area contributed by atoms with Gasteiger partial charge < -0.3 is 14.9 Å². The maximum Gasteiger partial charge on any atom is 0.210 e. The first kappa shape index (κ1) is 18.1. The molecule has 0 aromatic heterocycles. The van der Waals surface area contributed by atoms with Crippen LogP contribution in [0.2, 0.25) is 0 Å². The molecule has 124 valence electrons. The number of carbonyl (C=O) groups is 2. The zero-order chi connectivity index (χ0) is 17.3. The van der Waals surface area contributed by atoms with Crippen LogP contribution < -0.4 is 4.74 Å². The molecule has 1 aromatic rings. The van der Waals surface area contributed by atoms with E-state index in [9.17, 15) is 19.8 Å². The highest BCUT2D eigenvalue weighted by Crippen LogP contribution is 2.48. The maximum atomic E-state index is 12.3. The van der Waals surface area contributed by atoms with Gasteiger partial charge in [0.05, 0.1) is 17.7 Å². The Kier molecular flexibility index (Phi) is 5.60. The fraction of sp³-hybridized carbons (Fsp3) is 0.333. The third kappa shape index (κ3) is 2.95. The molecule has 2 rings (SSSR count). The van der Waals surface area contributed by atoms with Crippen LogP contribution in [-0.4, -0.2) is 33.7 Å². The van der Waals surface area contributed by atoms with Crippen molar-refractivity contribution in [1.82, 2.24) is 0 Å². The van der Waals surface area contributed by atoms with E-state index in [2.05, 4.69) is 15.9 Å². The number of aromatic hydroxyl groups is 2. The van der Waals surface area contributed by atoms with Crippen molar-refractivity contribution in [2.45, 2.75) is 19.8 Å². The number of halogens is 3. The normalized spacial score (nSPS) is 14.3. The number of ether oxygens (including phenoxy) is 1. The van der Waals surface area contributed by atoms with Gasteiger partial charge in [-0.1, -0.05) is 39.1 Å². The van der Waals surface area contributed by atoms with E-state index in [-0.39, 0.29) is 29.0 Å². The minimum Gasteiger partial charge on any atom is -0.507 e. The Hall–Kier alpha value is -1.24. The summed E-state index contributed by atoms with van der Waals surface area (Å²) < 4.78 is 5.38. The Morgan fingerprint density at radius 1 is 1.04 bits per heavy atom. The zero-order valence-electron chi connectivity index (χ0n) is 12.1. The Morgan fingerprint density at radius 3 is 2.04 bits per heavy atom. The number of benzene rings is 1. The Bertz CT molecular complexity index is 727. The standard InChI is InChI=1S/C15H13BrCl2O5/c1-2-23-15-6(4-3-5-16)11(19)7-8(14(15)22)13(21)10(18)9(17)12(7)20/h19,22H,2-5H2,1H3. The first-order valence-electron chi connectivity index (χ1n) is 6.80. The minimum absolute atomic E-state index is 0.0201. The lowest BCUT2D eigenvalue weighted by molar-refractivity contribution is 0.0981. The Balaban J connectivity index is 2.80. The quantitative estimate of drug-likeness (QED) is 0.554. The van der Waals surface area contributed by atoms with E-state index in [1.54, 1.807) is 6.92 Å². The first-order valence-corrected chi connectivity index (χ1v) is 8.68. The highest BCUT2D eigenvalue weighted by Gasteiger charge is 2.38. The summed E-state index contributed by atoms with van der Waals surface area (Å²) in [6, 6.07) is 0. The molecule has 0 amide bonds. The van der Waals surface area contributed by atoms with Gasteiger partial charge in [-0.25, -0.2) is 0 Å². The SMILES string of the molecule is CCOc1c(O)c2c(c(O)c1CCCBr)C(=O)C(Cl)=C(Cl)C2=O. The fourth-order valence-electron chi connectivity index (χ4n) is 2.39. The molecule has 2 N–H and O–H groups in total. The molecule has 5 nitrogen and oxygen atoms in total. The smallest absolute Gasteiger partial charge is 0.210 e. The highest BCUT2D eigenvalue weighted by atomic mass is 79.9. The summed E-state index contributed by atoms with van der Waals surface area (Å²) in [5.41, 5.74) is -0.464. The van der Waals surface area contributed by atoms with Gasteiger partial charge in [-0.05, 0) is 19.8 Å². The van der Waals surface area contributed by atoms with Gasteiger partial charge in [0, 0.05) is 10.9 Å². The summed E-state index contributed by atoms with van der Waals surface area (Å²) in [6.45, 7) is 1.90. The topological polar surface area (TPSA) is 83.8 Å². The minimum atomic E-state index is -0.827. The summed E-state index contributed by atoms with van der Waals surface area (Å²) >= 11 is 14.8. The van der Waals surface area contributed by atoms with Gasteiger partial charge in [0.15, 0.2) is 11.5 Å². The van der Waals surface area contributed by atoms with E-state index in [0.29, 0.717) is 18.2 Å². The van der Waals surface area contributed by atoms with E-state index in [1.807, 2.05) is 0 Å². The van der Waals surface area contributed by atoms with Crippen LogP contribution in [0.15, 0.2) is 10.1 Å². The predicted octanol–water partition coefficient (Wildman–Crippen LogP) is 3.89. The van der Waals surface area contributed by atoms with Crippen molar-refractivity contribution in [3.63, 3.8) is 0 Å². The number of allylic oxidation sites excluding steroid dienone is 2. The predicted molar refractivity (Wildman–Crippen MR) is 90.4 cm³/mol. The van der Waals surface area contributed by atoms with Crippen LogP contribution in [0, 0.1) is 0 Å². The number of fused-ring (bicyclic) bond motifs is 1. The van der Waals surface area contributed by atoms with Crippen molar-refractivity contribution >= 4 is 50.7 Å². The van der Waals surface area contributed by atoms with Crippen molar-refractivity contribution in [3.8, 4) is 17.2 Å². The van der Waals surface area contributed by atoms with Crippen molar-refractivity contribution < 1.29 is 24.5 Å². The summed E-state index contributed by atoms with van der Waals surface area (Å²) in [5, 5.41) is 20.6. The molecule has 1 aliphatic carbocycles. The monoisotopic (exact) mass is 422 g/mol. The molecule has 0 atom stereocenters. The maximum absolute atomic E-state index is 12.3. The summed E-state index contributed by atoms with van der Waals surface area (Å²) in [6.07, 6.45) is 0.960. The van der Waals surface area contributed by atoms with E-state index < -0.39 is 33.1 Å². The number of phenols is 2. The van der Waals surface area contributed by atoms with Crippen LogP contribution in [-0.2, 0) is 6.42 Å². The molecule has 1 aliphatic rings. The van der Waals surface area contributed by atoms with Gasteiger partial charge in [-0.2, -0.15) is 0 Å². The van der Waals surface area contributed by atoms with E-state index >= 15 is 0 Å². The largest absolute Gasteiger partial charge is 0.507 e. The number of rotatable bonds is 5. The molecule has 0 aliphatic heterocycles. The molecular formula is C15H13BrCl2O5. The van der Waals surface area contributed by atoms with Crippen LogP contribution >= 0.6 is 39.1 Å². The van der Waals surface area contributed by atoms with Gasteiger partial charge in [-0.15, -0.1) is 0 Å². The molecule has 0 unspecified atom stereocenters. The average Bonchev–Trinajstić information content (AvgIpc) is 2.53. The Morgan fingerprint density at radius 2 is 1.57 bits per heavy atom. The lowest BCUT2D eigenvalue weighted by Gasteiger charge is -2.22. The van der Waals surface area contributed by atoms with Crippen LogP contribution in [0.1, 0.15) is 39.6 Å². The van der Waals surface area contributed by atoms with Crippen molar-refractivity contribution in [2.24, 2.45) is 0 Å². The second kappa shape index (κ2) is 7.11. The number of phenolic OH excluding ortho intramolecular Hbond substituents is 2. The molecule has 0 bridgehead atoms. The third-order valence-corrected chi connectivity index (χ3v) is 4.77. The summed E-state index contributed by atoms with van der Waals surface area (Å²) in [7, 11) is 0. The molecule has 0 fully saturated rings. The zero-order valence-corrected chi connectivity index (χ0v) is 15.2. The Labute approximate surface area is 151 Å². The average molecular weight is 424 g/mol. The van der Waals surface area contributed by atoms with Crippen molar-refractivity contribution in [3.05, 3.63) is 26.8 Å². The first-order chi connectivity index (χ1) is 10.9. The molecule has 1 aromatic carbocycles. The van der Waals surface area contributed by atoms with E-state index in [0.717, 1.165) is 0 Å². The molecule has 23 heavy (non-hydrogen) atoms. The molecule has 0 heterocycles. The van der Waals surface area contributed by atoms with Crippen molar-refractivity contribution in [1.29, 1.82) is 0 Å². The van der Waals surface area contributed by atoms with Crippen LogP contribution in [0.3, 0.4) is 0 Å². The van der Waals surface area contributed by atoms with Crippen LogP contribution in [0.4, 0.5) is 0 Å². The van der Waals surface area contributed by atoms with Gasteiger partial charge >= 0.3 is 0 Å². The third-order valence-electron chi connectivity index (χ3n) is 3.39. The number of ketones is 2. The van der Waals surface area contributed by atoms with Gasteiger partial charge in [0.1, 0.15) is 15.8 Å². The molecule has 0 spiro atoms. The number of hydrogen-bond donors (Lipinski definition) is 2. The lowest BCUT2D eigenvalue weighted by atomic mass is 9.88. The molecule has 0 saturated heterocycles. The van der Waals surface area contributed by atoms with Gasteiger partial charge in [-0.3, -0.25) is 9.59 Å². The van der Waals surface area contributed by atoms with Crippen LogP contribution in [0.25, 0.3) is 0 Å². The van der Waals surface area contributed by atoms with Gasteiger partial charge in [0.25, 0.3) is 0 Å². The number of carbonyl (C=O) groups excluding carboxylic acids is 2. The second-order valence-electron chi connectivity index (χ2n) is 4.77. The van der Waals surface area contributed by atoms with Crippen molar-refractivity contribution in [2.75, 3.05) is 11.9 Å². The summed E-state index contributed by atoms with van der Waals surface area (Å²) in [5.74, 6) is -2.57.